The van der Waals surface area contributed by atoms with Gasteiger partial charge >= 0.3 is 0 Å². The van der Waals surface area contributed by atoms with Gasteiger partial charge in [0.2, 0.25) is 5.91 Å². The van der Waals surface area contributed by atoms with Gasteiger partial charge in [-0.1, -0.05) is 6.92 Å². The molecule has 0 aliphatic carbocycles. The first-order valence-electron chi connectivity index (χ1n) is 7.70. The summed E-state index contributed by atoms with van der Waals surface area (Å²) in [5.74, 6) is 1.65. The Balaban J connectivity index is 2.20. The third-order valence-electron chi connectivity index (χ3n) is 4.03. The number of rotatable bonds is 8. The molecule has 4 nitrogen and oxygen atoms in total. The van der Waals surface area contributed by atoms with E-state index < -0.39 is 0 Å². The molecule has 1 atom stereocenters. The Morgan fingerprint density at radius 1 is 1.35 bits per heavy atom. The van der Waals surface area contributed by atoms with Gasteiger partial charge in [0.25, 0.3) is 0 Å². The molecule has 118 valence electrons. The molecule has 0 saturated carbocycles. The van der Waals surface area contributed by atoms with Gasteiger partial charge in [0, 0.05) is 12.3 Å². The standard InChI is InChI=1S/C15H30N2O2S/c1-12(2)16-15(18)11-17-8-5-14(6-9-17)13(3)7-10-19-20-4/h12-14H,5-11H2,1-4H3,(H,16,18). The van der Waals surface area contributed by atoms with Crippen molar-refractivity contribution in [2.45, 2.75) is 46.1 Å². The number of piperidine rings is 1. The first kappa shape index (κ1) is 17.8. The molecule has 0 spiro atoms. The van der Waals surface area contributed by atoms with Crippen LogP contribution in [0, 0.1) is 11.8 Å². The quantitative estimate of drug-likeness (QED) is 0.553. The zero-order chi connectivity index (χ0) is 15.0. The molecule has 1 unspecified atom stereocenters. The highest BCUT2D eigenvalue weighted by atomic mass is 32.2. The van der Waals surface area contributed by atoms with E-state index in [1.54, 1.807) is 0 Å². The summed E-state index contributed by atoms with van der Waals surface area (Å²) in [5.41, 5.74) is 0. The SMILES string of the molecule is CSOCCC(C)C1CCN(CC(=O)NC(C)C)CC1. The zero-order valence-electron chi connectivity index (χ0n) is 13.4. The van der Waals surface area contributed by atoms with Gasteiger partial charge in [-0.3, -0.25) is 9.69 Å². The minimum atomic E-state index is 0.153. The van der Waals surface area contributed by atoms with Gasteiger partial charge in [-0.25, -0.2) is 0 Å². The van der Waals surface area contributed by atoms with Gasteiger partial charge in [0.1, 0.15) is 0 Å². The lowest BCUT2D eigenvalue weighted by atomic mass is 9.84. The van der Waals surface area contributed by atoms with Crippen molar-refractivity contribution in [1.82, 2.24) is 10.2 Å². The highest BCUT2D eigenvalue weighted by molar-refractivity contribution is 7.93. The summed E-state index contributed by atoms with van der Waals surface area (Å²) >= 11 is 1.45. The molecule has 1 saturated heterocycles. The Morgan fingerprint density at radius 3 is 2.55 bits per heavy atom. The molecule has 0 aromatic heterocycles. The van der Waals surface area contributed by atoms with Crippen molar-refractivity contribution in [1.29, 1.82) is 0 Å². The third-order valence-corrected chi connectivity index (χ3v) is 4.43. The molecule has 1 N–H and O–H groups in total. The maximum atomic E-state index is 11.7. The molecule has 0 bridgehead atoms. The molecular weight excluding hydrogens is 272 g/mol. The van der Waals surface area contributed by atoms with E-state index in [1.165, 1.54) is 24.9 Å². The van der Waals surface area contributed by atoms with Crippen molar-refractivity contribution in [2.24, 2.45) is 11.8 Å². The molecule has 0 radical (unpaired) electrons. The van der Waals surface area contributed by atoms with Crippen LogP contribution in [0.4, 0.5) is 0 Å². The van der Waals surface area contributed by atoms with E-state index in [0.717, 1.165) is 32.0 Å². The van der Waals surface area contributed by atoms with Crippen molar-refractivity contribution >= 4 is 17.9 Å². The second-order valence-corrected chi connectivity index (χ2v) is 6.66. The summed E-state index contributed by atoms with van der Waals surface area (Å²) in [6.45, 7) is 9.82. The Morgan fingerprint density at radius 2 is 2.00 bits per heavy atom. The minimum Gasteiger partial charge on any atom is -0.353 e. The molecule has 1 rings (SSSR count). The summed E-state index contributed by atoms with van der Waals surface area (Å²) in [7, 11) is 0. The van der Waals surface area contributed by atoms with Crippen LogP contribution in [-0.4, -0.2) is 49.3 Å². The van der Waals surface area contributed by atoms with Crippen LogP contribution in [0.15, 0.2) is 0 Å². The van der Waals surface area contributed by atoms with E-state index in [9.17, 15) is 4.79 Å². The molecule has 1 aliphatic heterocycles. The van der Waals surface area contributed by atoms with Crippen molar-refractivity contribution < 1.29 is 8.98 Å². The van der Waals surface area contributed by atoms with Crippen LogP contribution in [0.25, 0.3) is 0 Å². The van der Waals surface area contributed by atoms with Gasteiger partial charge in [0.15, 0.2) is 0 Å². The number of nitrogens with one attached hydrogen (secondary N) is 1. The topological polar surface area (TPSA) is 41.6 Å². The highest BCUT2D eigenvalue weighted by Gasteiger charge is 2.24. The van der Waals surface area contributed by atoms with Crippen molar-refractivity contribution in [2.75, 3.05) is 32.5 Å². The molecule has 1 aliphatic rings. The molecular formula is C15H30N2O2S. The maximum Gasteiger partial charge on any atom is 0.234 e. The first-order valence-corrected chi connectivity index (χ1v) is 8.85. The van der Waals surface area contributed by atoms with Crippen LogP contribution >= 0.6 is 12.0 Å². The molecule has 1 fully saturated rings. The molecule has 0 aromatic carbocycles. The average molecular weight is 302 g/mol. The predicted molar refractivity (Wildman–Crippen MR) is 85.7 cm³/mol. The number of amides is 1. The number of hydrogen-bond acceptors (Lipinski definition) is 4. The number of nitrogens with zero attached hydrogens (tertiary/aromatic N) is 1. The Bertz CT molecular complexity index is 279. The number of likely N-dealkylation sites (tertiary alicyclic amines) is 1. The zero-order valence-corrected chi connectivity index (χ0v) is 14.2. The van der Waals surface area contributed by atoms with Crippen molar-refractivity contribution in [3.05, 3.63) is 0 Å². The molecule has 5 heteroatoms. The summed E-state index contributed by atoms with van der Waals surface area (Å²) < 4.78 is 5.36. The molecule has 1 amide bonds. The van der Waals surface area contributed by atoms with Gasteiger partial charge in [-0.05, 0) is 70.1 Å². The van der Waals surface area contributed by atoms with Crippen LogP contribution in [0.2, 0.25) is 0 Å². The Labute approximate surface area is 128 Å². The average Bonchev–Trinajstić information content (AvgIpc) is 2.38. The first-order chi connectivity index (χ1) is 9.52. The van der Waals surface area contributed by atoms with Crippen LogP contribution in [-0.2, 0) is 8.98 Å². The molecule has 20 heavy (non-hydrogen) atoms. The maximum absolute atomic E-state index is 11.7. The van der Waals surface area contributed by atoms with E-state index in [4.69, 9.17) is 4.18 Å². The Hall–Kier alpha value is -0.260. The van der Waals surface area contributed by atoms with E-state index in [-0.39, 0.29) is 11.9 Å². The lowest BCUT2D eigenvalue weighted by Gasteiger charge is -2.34. The van der Waals surface area contributed by atoms with Gasteiger partial charge in [-0.15, -0.1) is 0 Å². The Kier molecular flexibility index (Phi) is 8.57. The summed E-state index contributed by atoms with van der Waals surface area (Å²) in [5, 5.41) is 2.96. The van der Waals surface area contributed by atoms with Gasteiger partial charge < -0.3 is 9.50 Å². The predicted octanol–water partition coefficient (Wildman–Crippen LogP) is 2.54. The van der Waals surface area contributed by atoms with E-state index in [2.05, 4.69) is 17.1 Å². The lowest BCUT2D eigenvalue weighted by Crippen LogP contribution is -2.43. The minimum absolute atomic E-state index is 0.153. The number of hydrogen-bond donors (Lipinski definition) is 1. The fraction of sp³-hybridized carbons (Fsp3) is 0.933. The van der Waals surface area contributed by atoms with Crippen LogP contribution in [0.5, 0.6) is 0 Å². The number of carbonyl (C=O) groups is 1. The smallest absolute Gasteiger partial charge is 0.234 e. The normalized spacial score (nSPS) is 19.2. The van der Waals surface area contributed by atoms with Crippen LogP contribution in [0.1, 0.15) is 40.0 Å². The van der Waals surface area contributed by atoms with Gasteiger partial charge in [0.05, 0.1) is 13.2 Å². The third kappa shape index (κ3) is 6.95. The largest absolute Gasteiger partial charge is 0.353 e. The van der Waals surface area contributed by atoms with E-state index >= 15 is 0 Å². The van der Waals surface area contributed by atoms with Crippen molar-refractivity contribution in [3.8, 4) is 0 Å². The fourth-order valence-corrected chi connectivity index (χ4v) is 3.07. The highest BCUT2D eigenvalue weighted by Crippen LogP contribution is 2.27. The second kappa shape index (κ2) is 9.64. The second-order valence-electron chi connectivity index (χ2n) is 6.09. The van der Waals surface area contributed by atoms with E-state index in [1.807, 2.05) is 20.1 Å². The van der Waals surface area contributed by atoms with Crippen LogP contribution < -0.4 is 5.32 Å². The summed E-state index contributed by atoms with van der Waals surface area (Å²) in [6.07, 6.45) is 5.51. The van der Waals surface area contributed by atoms with Crippen molar-refractivity contribution in [3.63, 3.8) is 0 Å². The van der Waals surface area contributed by atoms with Crippen LogP contribution in [0.3, 0.4) is 0 Å². The van der Waals surface area contributed by atoms with E-state index in [0.29, 0.717) is 12.5 Å². The molecule has 1 heterocycles. The lowest BCUT2D eigenvalue weighted by molar-refractivity contribution is -0.123. The fourth-order valence-electron chi connectivity index (χ4n) is 2.80. The van der Waals surface area contributed by atoms with Gasteiger partial charge in [-0.2, -0.15) is 0 Å². The molecule has 0 aromatic rings. The monoisotopic (exact) mass is 302 g/mol. The summed E-state index contributed by atoms with van der Waals surface area (Å²) in [4.78, 5) is 14.0. The number of carbonyl (C=O) groups excluding carboxylic acids is 1. The summed E-state index contributed by atoms with van der Waals surface area (Å²) in [6, 6.07) is 0.233.